The highest BCUT2D eigenvalue weighted by Gasteiger charge is 2.33. The Morgan fingerprint density at radius 1 is 1.26 bits per heavy atom. The van der Waals surface area contributed by atoms with E-state index in [1.54, 1.807) is 0 Å². The molecule has 0 saturated heterocycles. The van der Waals surface area contributed by atoms with Crippen molar-refractivity contribution in [3.8, 4) is 0 Å². The van der Waals surface area contributed by atoms with Crippen LogP contribution in [0.3, 0.4) is 0 Å². The minimum absolute atomic E-state index is 0.287. The average Bonchev–Trinajstić information content (AvgIpc) is 3.46. The quantitative estimate of drug-likeness (QED) is 0.831. The summed E-state index contributed by atoms with van der Waals surface area (Å²) in [4.78, 5) is 17.8. The molecule has 0 bridgehead atoms. The van der Waals surface area contributed by atoms with E-state index in [1.165, 1.54) is 54.3 Å². The summed E-state index contributed by atoms with van der Waals surface area (Å²) < 4.78 is 0. The van der Waals surface area contributed by atoms with Crippen molar-refractivity contribution in [1.29, 1.82) is 0 Å². The van der Waals surface area contributed by atoms with Crippen LogP contribution in [0.1, 0.15) is 65.2 Å². The van der Waals surface area contributed by atoms with Crippen LogP contribution in [0.4, 0.5) is 10.8 Å². The van der Waals surface area contributed by atoms with Crippen LogP contribution in [-0.2, 0) is 0 Å². The number of hydrogen-bond acceptors (Lipinski definition) is 4. The van der Waals surface area contributed by atoms with Gasteiger partial charge in [-0.2, -0.15) is 0 Å². The number of aromatic nitrogens is 1. The van der Waals surface area contributed by atoms with Crippen molar-refractivity contribution in [2.24, 2.45) is 0 Å². The predicted molar refractivity (Wildman–Crippen MR) is 92.1 cm³/mol. The molecule has 2 fully saturated rings. The monoisotopic (exact) mass is 328 g/mol. The number of carboxylic acid groups (broad SMARTS) is 1. The van der Waals surface area contributed by atoms with E-state index in [-0.39, 0.29) is 4.88 Å². The Balaban J connectivity index is 1.69. The maximum absolute atomic E-state index is 11.1. The van der Waals surface area contributed by atoms with Crippen LogP contribution < -0.4 is 4.90 Å². The maximum Gasteiger partial charge on any atom is 0.347 e. The molecular formula is C18H20N2O2S. The molecule has 2 aliphatic rings. The van der Waals surface area contributed by atoms with Crippen molar-refractivity contribution >= 4 is 28.1 Å². The first kappa shape index (κ1) is 14.7. The molecule has 120 valence electrons. The number of rotatable bonds is 6. The third-order valence-electron chi connectivity index (χ3n) is 4.67. The summed E-state index contributed by atoms with van der Waals surface area (Å²) in [6, 6.07) is 6.77. The molecule has 1 N–H and O–H groups in total. The summed E-state index contributed by atoms with van der Waals surface area (Å²) in [5.74, 6) is 0.593. The van der Waals surface area contributed by atoms with Crippen LogP contribution in [0, 0.1) is 0 Å². The van der Waals surface area contributed by atoms with Gasteiger partial charge in [0.25, 0.3) is 0 Å². The van der Waals surface area contributed by atoms with Gasteiger partial charge in [0.05, 0.1) is 6.20 Å². The van der Waals surface area contributed by atoms with Gasteiger partial charge < -0.3 is 10.0 Å². The van der Waals surface area contributed by atoms with Gasteiger partial charge in [-0.05, 0) is 67.7 Å². The van der Waals surface area contributed by atoms with Gasteiger partial charge in [-0.15, -0.1) is 0 Å². The second-order valence-corrected chi connectivity index (χ2v) is 7.43. The predicted octanol–water partition coefficient (Wildman–Crippen LogP) is 4.75. The van der Waals surface area contributed by atoms with Gasteiger partial charge in [0.1, 0.15) is 4.88 Å². The Morgan fingerprint density at radius 3 is 2.52 bits per heavy atom. The summed E-state index contributed by atoms with van der Waals surface area (Å²) in [5.41, 5.74) is 4.18. The number of thiazole rings is 1. The van der Waals surface area contributed by atoms with E-state index >= 15 is 0 Å². The van der Waals surface area contributed by atoms with E-state index in [9.17, 15) is 4.79 Å². The lowest BCUT2D eigenvalue weighted by Crippen LogP contribution is -2.16. The molecule has 0 amide bonds. The van der Waals surface area contributed by atoms with Gasteiger partial charge in [0.2, 0.25) is 0 Å². The van der Waals surface area contributed by atoms with E-state index in [2.05, 4.69) is 35.0 Å². The molecule has 4 rings (SSSR count). The molecule has 5 heteroatoms. The SMILES string of the molecule is CCN(c1ccc(C2CC2)c(C2CC2)c1)c1ncc(C(=O)O)s1. The first-order valence-electron chi connectivity index (χ1n) is 8.28. The number of carbonyl (C=O) groups is 1. The standard InChI is InChI=1S/C18H20N2O2S/c1-2-20(18-19-10-16(23-18)17(21)22)13-7-8-14(11-3-4-11)15(9-13)12-5-6-12/h7-12H,2-6H2,1H3,(H,21,22). The molecule has 0 aliphatic heterocycles. The van der Waals surface area contributed by atoms with E-state index in [0.29, 0.717) is 0 Å². The van der Waals surface area contributed by atoms with E-state index in [0.717, 1.165) is 29.2 Å². The molecular weight excluding hydrogens is 308 g/mol. The first-order valence-corrected chi connectivity index (χ1v) is 9.09. The lowest BCUT2D eigenvalue weighted by atomic mass is 9.98. The Labute approximate surface area is 139 Å². The van der Waals surface area contributed by atoms with Crippen molar-refractivity contribution in [3.05, 3.63) is 40.4 Å². The van der Waals surface area contributed by atoms with Crippen molar-refractivity contribution in [2.75, 3.05) is 11.4 Å². The molecule has 4 nitrogen and oxygen atoms in total. The highest BCUT2D eigenvalue weighted by atomic mass is 32.1. The largest absolute Gasteiger partial charge is 0.477 e. The molecule has 23 heavy (non-hydrogen) atoms. The van der Waals surface area contributed by atoms with E-state index in [1.807, 2.05) is 0 Å². The number of aromatic carboxylic acids is 1. The van der Waals surface area contributed by atoms with Gasteiger partial charge in [-0.3, -0.25) is 0 Å². The van der Waals surface area contributed by atoms with Gasteiger partial charge in [0.15, 0.2) is 5.13 Å². The molecule has 2 aromatic rings. The maximum atomic E-state index is 11.1. The fraction of sp³-hybridized carbons (Fsp3) is 0.444. The molecule has 0 unspecified atom stereocenters. The Morgan fingerprint density at radius 2 is 1.96 bits per heavy atom. The molecule has 0 radical (unpaired) electrons. The second kappa shape index (κ2) is 5.64. The average molecular weight is 328 g/mol. The van der Waals surface area contributed by atoms with Gasteiger partial charge in [-0.25, -0.2) is 9.78 Å². The first-order chi connectivity index (χ1) is 11.2. The zero-order valence-corrected chi connectivity index (χ0v) is 14.0. The third kappa shape index (κ3) is 2.85. The van der Waals surface area contributed by atoms with Gasteiger partial charge in [-0.1, -0.05) is 17.4 Å². The molecule has 1 aromatic carbocycles. The number of nitrogens with zero attached hydrogens (tertiary/aromatic N) is 2. The van der Waals surface area contributed by atoms with Crippen LogP contribution in [0.25, 0.3) is 0 Å². The smallest absolute Gasteiger partial charge is 0.347 e. The number of anilines is 2. The Hall–Kier alpha value is -1.88. The Kier molecular flexibility index (Phi) is 3.60. The fourth-order valence-corrected chi connectivity index (χ4v) is 4.00. The number of carboxylic acids is 1. The summed E-state index contributed by atoms with van der Waals surface area (Å²) in [7, 11) is 0. The summed E-state index contributed by atoms with van der Waals surface area (Å²) in [6.07, 6.45) is 6.70. The molecule has 0 spiro atoms. The summed E-state index contributed by atoms with van der Waals surface area (Å²) >= 11 is 1.24. The normalized spacial score (nSPS) is 17.3. The molecule has 1 heterocycles. The van der Waals surface area contributed by atoms with Crippen LogP contribution in [0.2, 0.25) is 0 Å². The van der Waals surface area contributed by atoms with Crippen molar-refractivity contribution in [2.45, 2.75) is 44.4 Å². The summed E-state index contributed by atoms with van der Waals surface area (Å²) in [6.45, 7) is 2.85. The molecule has 0 atom stereocenters. The van der Waals surface area contributed by atoms with Crippen LogP contribution in [-0.4, -0.2) is 22.6 Å². The summed E-state index contributed by atoms with van der Waals surface area (Å²) in [5, 5.41) is 9.86. The number of benzene rings is 1. The molecule has 1 aromatic heterocycles. The van der Waals surface area contributed by atoms with Gasteiger partial charge >= 0.3 is 5.97 Å². The topological polar surface area (TPSA) is 53.4 Å². The van der Waals surface area contributed by atoms with Gasteiger partial charge in [0, 0.05) is 12.2 Å². The van der Waals surface area contributed by atoms with Crippen molar-refractivity contribution < 1.29 is 9.90 Å². The zero-order valence-electron chi connectivity index (χ0n) is 13.2. The minimum Gasteiger partial charge on any atom is -0.477 e. The molecule has 2 saturated carbocycles. The van der Waals surface area contributed by atoms with Crippen LogP contribution >= 0.6 is 11.3 Å². The van der Waals surface area contributed by atoms with Crippen LogP contribution in [0.15, 0.2) is 24.4 Å². The highest BCUT2D eigenvalue weighted by molar-refractivity contribution is 7.17. The number of hydrogen-bond donors (Lipinski definition) is 1. The van der Waals surface area contributed by atoms with Crippen molar-refractivity contribution in [1.82, 2.24) is 4.98 Å². The molecule has 2 aliphatic carbocycles. The third-order valence-corrected chi connectivity index (χ3v) is 5.68. The second-order valence-electron chi connectivity index (χ2n) is 6.42. The zero-order chi connectivity index (χ0) is 16.0. The highest BCUT2D eigenvalue weighted by Crippen LogP contribution is 2.50. The van der Waals surface area contributed by atoms with E-state index in [4.69, 9.17) is 5.11 Å². The van der Waals surface area contributed by atoms with E-state index < -0.39 is 5.97 Å². The van der Waals surface area contributed by atoms with Crippen molar-refractivity contribution in [3.63, 3.8) is 0 Å². The lowest BCUT2D eigenvalue weighted by molar-refractivity contribution is 0.0702. The Bertz CT molecular complexity index is 747. The lowest BCUT2D eigenvalue weighted by Gasteiger charge is -2.22. The van der Waals surface area contributed by atoms with Crippen LogP contribution in [0.5, 0.6) is 0 Å². The fourth-order valence-electron chi connectivity index (χ4n) is 3.16. The minimum atomic E-state index is -0.910.